The number of aromatic nitrogens is 4. The van der Waals surface area contributed by atoms with Crippen molar-refractivity contribution in [1.29, 1.82) is 0 Å². The number of fused-ring (bicyclic) bond motifs is 1. The lowest BCUT2D eigenvalue weighted by molar-refractivity contribution is 0.0880. The van der Waals surface area contributed by atoms with Crippen molar-refractivity contribution in [2.45, 2.75) is 38.8 Å². The zero-order valence-electron chi connectivity index (χ0n) is 18.2. The fraction of sp³-hybridized carbons (Fsp3) is 0.320. The molecule has 7 heteroatoms. The zero-order chi connectivity index (χ0) is 22.1. The first-order valence-corrected chi connectivity index (χ1v) is 11.0. The number of aromatic amines is 1. The molecule has 1 fully saturated rings. The SMILES string of the molecule is Cc1n[nH]cc1-c1ccc2cnn([C@H](C)c3cccc(OCCOC4CC4)c3)c(=O)c2c1. The molecule has 0 unspecified atom stereocenters. The van der Waals surface area contributed by atoms with E-state index in [0.717, 1.165) is 46.4 Å². The number of ether oxygens (including phenoxy) is 2. The van der Waals surface area contributed by atoms with E-state index in [1.165, 1.54) is 4.68 Å². The normalized spacial score (nSPS) is 14.6. The molecule has 164 valence electrons. The number of aryl methyl sites for hydroxylation is 1. The smallest absolute Gasteiger partial charge is 0.275 e. The van der Waals surface area contributed by atoms with Gasteiger partial charge in [0.15, 0.2) is 0 Å². The summed E-state index contributed by atoms with van der Waals surface area (Å²) in [4.78, 5) is 13.3. The van der Waals surface area contributed by atoms with Gasteiger partial charge in [-0.25, -0.2) is 4.68 Å². The molecule has 32 heavy (non-hydrogen) atoms. The highest BCUT2D eigenvalue weighted by molar-refractivity contribution is 5.86. The van der Waals surface area contributed by atoms with E-state index in [9.17, 15) is 4.79 Å². The van der Waals surface area contributed by atoms with Crippen LogP contribution in [0.25, 0.3) is 21.9 Å². The van der Waals surface area contributed by atoms with Crippen LogP contribution in [0.15, 0.2) is 59.7 Å². The topological polar surface area (TPSA) is 82.0 Å². The van der Waals surface area contributed by atoms with E-state index in [-0.39, 0.29) is 11.6 Å². The third-order valence-corrected chi connectivity index (χ3v) is 5.89. The van der Waals surface area contributed by atoms with E-state index in [1.54, 1.807) is 6.20 Å². The van der Waals surface area contributed by atoms with Crippen LogP contribution >= 0.6 is 0 Å². The highest BCUT2D eigenvalue weighted by Gasteiger charge is 2.21. The van der Waals surface area contributed by atoms with Gasteiger partial charge in [-0.05, 0) is 56.0 Å². The summed E-state index contributed by atoms with van der Waals surface area (Å²) in [7, 11) is 0. The molecule has 1 atom stereocenters. The maximum absolute atomic E-state index is 13.3. The molecular formula is C25H26N4O3. The first kappa shape index (κ1) is 20.5. The van der Waals surface area contributed by atoms with Crippen molar-refractivity contribution in [3.8, 4) is 16.9 Å². The maximum Gasteiger partial charge on any atom is 0.275 e. The summed E-state index contributed by atoms with van der Waals surface area (Å²) in [5, 5.41) is 13.0. The Kier molecular flexibility index (Phi) is 5.49. The predicted molar refractivity (Wildman–Crippen MR) is 123 cm³/mol. The van der Waals surface area contributed by atoms with Gasteiger partial charge in [-0.1, -0.05) is 24.3 Å². The van der Waals surface area contributed by atoms with E-state index in [0.29, 0.717) is 24.7 Å². The standard InChI is InChI=1S/C25H26N4O3/c1-16-24(15-26-28-16)19-6-7-20-14-27-29(25(30)23(20)13-19)17(2)18-4-3-5-22(12-18)32-11-10-31-21-8-9-21/h3-7,12-15,17,21H,8-11H2,1-2H3,(H,26,28)/t17-/m1/s1. The number of benzene rings is 2. The lowest BCUT2D eigenvalue weighted by Gasteiger charge is -2.16. The van der Waals surface area contributed by atoms with Crippen LogP contribution in [0, 0.1) is 6.92 Å². The minimum Gasteiger partial charge on any atom is -0.491 e. The molecule has 0 amide bonds. The minimum atomic E-state index is -0.238. The fourth-order valence-corrected chi connectivity index (χ4v) is 3.86. The van der Waals surface area contributed by atoms with Gasteiger partial charge in [0, 0.05) is 17.1 Å². The number of nitrogens with one attached hydrogen (secondary N) is 1. The van der Waals surface area contributed by atoms with E-state index < -0.39 is 0 Å². The highest BCUT2D eigenvalue weighted by Crippen LogP contribution is 2.26. The van der Waals surface area contributed by atoms with Gasteiger partial charge < -0.3 is 9.47 Å². The first-order chi connectivity index (χ1) is 15.6. The lowest BCUT2D eigenvalue weighted by atomic mass is 10.0. The highest BCUT2D eigenvalue weighted by atomic mass is 16.5. The van der Waals surface area contributed by atoms with Crippen LogP contribution in [-0.4, -0.2) is 39.3 Å². The molecule has 1 aliphatic rings. The van der Waals surface area contributed by atoms with Crippen molar-refractivity contribution in [1.82, 2.24) is 20.0 Å². The van der Waals surface area contributed by atoms with Crippen LogP contribution in [-0.2, 0) is 4.74 Å². The Morgan fingerprint density at radius 3 is 2.84 bits per heavy atom. The molecule has 2 heterocycles. The van der Waals surface area contributed by atoms with Crippen molar-refractivity contribution >= 4 is 10.8 Å². The molecule has 1 N–H and O–H groups in total. The van der Waals surface area contributed by atoms with Gasteiger partial charge in [-0.2, -0.15) is 10.2 Å². The summed E-state index contributed by atoms with van der Waals surface area (Å²) in [5.74, 6) is 0.764. The number of hydrogen-bond donors (Lipinski definition) is 1. The third kappa shape index (κ3) is 4.16. The van der Waals surface area contributed by atoms with Crippen LogP contribution in [0.5, 0.6) is 5.75 Å². The second kappa shape index (κ2) is 8.59. The Hall–Kier alpha value is -3.45. The largest absolute Gasteiger partial charge is 0.491 e. The summed E-state index contributed by atoms with van der Waals surface area (Å²) in [6, 6.07) is 13.4. The second-order valence-corrected chi connectivity index (χ2v) is 8.25. The summed E-state index contributed by atoms with van der Waals surface area (Å²) in [6.07, 6.45) is 6.33. The molecule has 0 saturated heterocycles. The van der Waals surface area contributed by atoms with E-state index in [2.05, 4.69) is 15.3 Å². The molecule has 4 aromatic rings. The van der Waals surface area contributed by atoms with Crippen molar-refractivity contribution in [2.24, 2.45) is 0 Å². The van der Waals surface area contributed by atoms with Crippen molar-refractivity contribution in [3.05, 3.63) is 76.5 Å². The Bertz CT molecular complexity index is 1310. The Morgan fingerprint density at radius 1 is 1.19 bits per heavy atom. The van der Waals surface area contributed by atoms with Crippen molar-refractivity contribution in [2.75, 3.05) is 13.2 Å². The van der Waals surface area contributed by atoms with E-state index in [1.807, 2.05) is 62.5 Å². The first-order valence-electron chi connectivity index (χ1n) is 11.0. The van der Waals surface area contributed by atoms with Gasteiger partial charge in [0.25, 0.3) is 5.56 Å². The molecule has 1 aliphatic carbocycles. The van der Waals surface area contributed by atoms with Gasteiger partial charge in [-0.3, -0.25) is 9.89 Å². The van der Waals surface area contributed by atoms with E-state index >= 15 is 0 Å². The van der Waals surface area contributed by atoms with Gasteiger partial charge in [0.2, 0.25) is 0 Å². The molecule has 0 aliphatic heterocycles. The van der Waals surface area contributed by atoms with Crippen LogP contribution in [0.3, 0.4) is 0 Å². The molecule has 0 radical (unpaired) electrons. The van der Waals surface area contributed by atoms with Crippen LogP contribution in [0.4, 0.5) is 0 Å². The van der Waals surface area contributed by atoms with Crippen LogP contribution < -0.4 is 10.3 Å². The quantitative estimate of drug-likeness (QED) is 0.422. The average molecular weight is 431 g/mol. The van der Waals surface area contributed by atoms with Gasteiger partial charge in [0.05, 0.1) is 36.0 Å². The summed E-state index contributed by atoms with van der Waals surface area (Å²) >= 11 is 0. The van der Waals surface area contributed by atoms with Crippen LogP contribution in [0.1, 0.15) is 37.1 Å². The lowest BCUT2D eigenvalue weighted by Crippen LogP contribution is -2.26. The Morgan fingerprint density at radius 2 is 2.06 bits per heavy atom. The predicted octanol–water partition coefficient (Wildman–Crippen LogP) is 4.26. The number of hydrogen-bond acceptors (Lipinski definition) is 5. The zero-order valence-corrected chi connectivity index (χ0v) is 18.2. The molecule has 5 rings (SSSR count). The van der Waals surface area contributed by atoms with Crippen molar-refractivity contribution in [3.63, 3.8) is 0 Å². The van der Waals surface area contributed by atoms with Gasteiger partial charge in [0.1, 0.15) is 12.4 Å². The number of rotatable bonds is 8. The monoisotopic (exact) mass is 430 g/mol. The molecule has 0 bridgehead atoms. The summed E-state index contributed by atoms with van der Waals surface area (Å²) in [5.41, 5.74) is 3.67. The third-order valence-electron chi connectivity index (χ3n) is 5.89. The molecule has 2 aromatic heterocycles. The molecule has 1 saturated carbocycles. The fourth-order valence-electron chi connectivity index (χ4n) is 3.86. The van der Waals surface area contributed by atoms with Crippen LogP contribution in [0.2, 0.25) is 0 Å². The summed E-state index contributed by atoms with van der Waals surface area (Å²) in [6.45, 7) is 5.02. The summed E-state index contributed by atoms with van der Waals surface area (Å²) < 4.78 is 13.0. The van der Waals surface area contributed by atoms with Gasteiger partial charge >= 0.3 is 0 Å². The molecular weight excluding hydrogens is 404 g/mol. The molecule has 7 nitrogen and oxygen atoms in total. The molecule has 2 aromatic carbocycles. The Labute approximate surface area is 186 Å². The second-order valence-electron chi connectivity index (χ2n) is 8.25. The minimum absolute atomic E-state index is 0.123. The number of nitrogens with zero attached hydrogens (tertiary/aromatic N) is 3. The average Bonchev–Trinajstić information content (AvgIpc) is 3.55. The van der Waals surface area contributed by atoms with E-state index in [4.69, 9.17) is 9.47 Å². The number of H-pyrrole nitrogens is 1. The molecule has 0 spiro atoms. The maximum atomic E-state index is 13.3. The van der Waals surface area contributed by atoms with Gasteiger partial charge in [-0.15, -0.1) is 0 Å². The Balaban J connectivity index is 1.41. The van der Waals surface area contributed by atoms with Crippen molar-refractivity contribution < 1.29 is 9.47 Å².